The summed E-state index contributed by atoms with van der Waals surface area (Å²) in [7, 11) is 1.34. The van der Waals surface area contributed by atoms with E-state index in [0.29, 0.717) is 11.8 Å². The fourth-order valence-corrected chi connectivity index (χ4v) is 2.60. The van der Waals surface area contributed by atoms with Crippen LogP contribution >= 0.6 is 0 Å². The number of ether oxygens (including phenoxy) is 1. The van der Waals surface area contributed by atoms with Gasteiger partial charge in [0.15, 0.2) is 5.60 Å². The summed E-state index contributed by atoms with van der Waals surface area (Å²) in [5.41, 5.74) is -1.29. The van der Waals surface area contributed by atoms with Crippen LogP contribution < -0.4 is 0 Å². The lowest BCUT2D eigenvalue weighted by Crippen LogP contribution is -2.55. The van der Waals surface area contributed by atoms with E-state index in [1.54, 1.807) is 0 Å². The molecule has 0 bridgehead atoms. The third kappa shape index (κ3) is 2.10. The molecule has 1 N–H and O–H groups in total. The Hall–Kier alpha value is -0.570. The SMILES string of the molecule is COC(=O)C(O)(C(C)C)C1CC(C(C)C)C1. The van der Waals surface area contributed by atoms with E-state index in [4.69, 9.17) is 4.74 Å². The van der Waals surface area contributed by atoms with Crippen molar-refractivity contribution in [3.8, 4) is 0 Å². The Morgan fingerprint density at radius 3 is 2.12 bits per heavy atom. The standard InChI is InChI=1S/C13H24O3/c1-8(2)10-6-11(7-10)13(15,9(3)4)12(14)16-5/h8-11,15H,6-7H2,1-5H3. The van der Waals surface area contributed by atoms with Crippen LogP contribution in [0, 0.1) is 23.7 Å². The fraction of sp³-hybridized carbons (Fsp3) is 0.923. The van der Waals surface area contributed by atoms with Gasteiger partial charge < -0.3 is 9.84 Å². The number of hydrogen-bond donors (Lipinski definition) is 1. The molecule has 0 heterocycles. The Balaban J connectivity index is 2.71. The monoisotopic (exact) mass is 228 g/mol. The summed E-state index contributed by atoms with van der Waals surface area (Å²) < 4.78 is 4.74. The summed E-state index contributed by atoms with van der Waals surface area (Å²) in [6, 6.07) is 0. The van der Waals surface area contributed by atoms with Gasteiger partial charge in [0.05, 0.1) is 7.11 Å². The molecule has 0 aliphatic heterocycles. The molecule has 0 aromatic heterocycles. The second kappa shape index (κ2) is 4.74. The normalized spacial score (nSPS) is 28.8. The van der Waals surface area contributed by atoms with Gasteiger partial charge in [-0.25, -0.2) is 4.79 Å². The number of carbonyl (C=O) groups excluding carboxylic acids is 1. The molecule has 1 aliphatic rings. The van der Waals surface area contributed by atoms with Gasteiger partial charge in [0.25, 0.3) is 0 Å². The molecular weight excluding hydrogens is 204 g/mol. The molecule has 0 radical (unpaired) electrons. The van der Waals surface area contributed by atoms with E-state index in [1.807, 2.05) is 13.8 Å². The van der Waals surface area contributed by atoms with Crippen molar-refractivity contribution < 1.29 is 14.6 Å². The van der Waals surface area contributed by atoms with Crippen molar-refractivity contribution in [2.75, 3.05) is 7.11 Å². The minimum atomic E-state index is -1.29. The Labute approximate surface area is 98.2 Å². The molecule has 1 aliphatic carbocycles. The van der Waals surface area contributed by atoms with Crippen LogP contribution in [-0.4, -0.2) is 23.8 Å². The van der Waals surface area contributed by atoms with Crippen LogP contribution in [0.1, 0.15) is 40.5 Å². The number of aliphatic hydroxyl groups is 1. The Bertz CT molecular complexity index is 254. The van der Waals surface area contributed by atoms with Crippen molar-refractivity contribution in [3.63, 3.8) is 0 Å². The van der Waals surface area contributed by atoms with Crippen molar-refractivity contribution in [2.45, 2.75) is 46.1 Å². The van der Waals surface area contributed by atoms with Crippen LogP contribution in [0.3, 0.4) is 0 Å². The second-order valence-corrected chi connectivity index (χ2v) is 5.64. The van der Waals surface area contributed by atoms with E-state index >= 15 is 0 Å². The van der Waals surface area contributed by atoms with Crippen LogP contribution in [0.25, 0.3) is 0 Å². The van der Waals surface area contributed by atoms with Gasteiger partial charge in [-0.2, -0.15) is 0 Å². The Morgan fingerprint density at radius 2 is 1.81 bits per heavy atom. The highest BCUT2D eigenvalue weighted by Crippen LogP contribution is 2.47. The van der Waals surface area contributed by atoms with Crippen LogP contribution in [0.15, 0.2) is 0 Å². The smallest absolute Gasteiger partial charge is 0.338 e. The van der Waals surface area contributed by atoms with Gasteiger partial charge in [0.2, 0.25) is 0 Å². The Morgan fingerprint density at radius 1 is 1.31 bits per heavy atom. The minimum absolute atomic E-state index is 0.0624. The molecule has 3 nitrogen and oxygen atoms in total. The zero-order valence-corrected chi connectivity index (χ0v) is 11.0. The highest BCUT2D eigenvalue weighted by atomic mass is 16.5. The van der Waals surface area contributed by atoms with E-state index in [-0.39, 0.29) is 11.8 Å². The predicted octanol–water partition coefficient (Wildman–Crippen LogP) is 2.23. The lowest BCUT2D eigenvalue weighted by molar-refractivity contribution is -0.185. The molecule has 0 spiro atoms. The molecule has 0 saturated heterocycles. The average Bonchev–Trinajstić information content (AvgIpc) is 2.12. The fourth-order valence-electron chi connectivity index (χ4n) is 2.60. The van der Waals surface area contributed by atoms with E-state index in [1.165, 1.54) is 7.11 Å². The lowest BCUT2D eigenvalue weighted by atomic mass is 9.60. The van der Waals surface area contributed by atoms with Crippen LogP contribution in [0.4, 0.5) is 0 Å². The first kappa shape index (κ1) is 13.5. The Kier molecular flexibility index (Phi) is 4.00. The van der Waals surface area contributed by atoms with Gasteiger partial charge in [0, 0.05) is 0 Å². The molecule has 94 valence electrons. The molecular formula is C13H24O3. The van der Waals surface area contributed by atoms with Gasteiger partial charge in [-0.1, -0.05) is 27.7 Å². The topological polar surface area (TPSA) is 46.5 Å². The summed E-state index contributed by atoms with van der Waals surface area (Å²) in [5, 5.41) is 10.5. The maximum atomic E-state index is 11.7. The van der Waals surface area contributed by atoms with Gasteiger partial charge in [-0.05, 0) is 36.5 Å². The highest BCUT2D eigenvalue weighted by molar-refractivity contribution is 5.80. The van der Waals surface area contributed by atoms with Crippen molar-refractivity contribution in [1.29, 1.82) is 0 Å². The maximum Gasteiger partial charge on any atom is 0.338 e. The number of carbonyl (C=O) groups is 1. The average molecular weight is 228 g/mol. The highest BCUT2D eigenvalue weighted by Gasteiger charge is 2.52. The quantitative estimate of drug-likeness (QED) is 0.751. The van der Waals surface area contributed by atoms with Gasteiger partial charge in [-0.3, -0.25) is 0 Å². The second-order valence-electron chi connectivity index (χ2n) is 5.64. The summed E-state index contributed by atoms with van der Waals surface area (Å²) in [6.45, 7) is 8.13. The molecule has 0 aromatic rings. The molecule has 16 heavy (non-hydrogen) atoms. The van der Waals surface area contributed by atoms with Crippen molar-refractivity contribution in [1.82, 2.24) is 0 Å². The molecule has 0 aromatic carbocycles. The van der Waals surface area contributed by atoms with E-state index < -0.39 is 11.6 Å². The minimum Gasteiger partial charge on any atom is -0.467 e. The maximum absolute atomic E-state index is 11.7. The van der Waals surface area contributed by atoms with Crippen LogP contribution in [-0.2, 0) is 9.53 Å². The summed E-state index contributed by atoms with van der Waals surface area (Å²) in [5.74, 6) is 0.755. The molecule has 1 rings (SSSR count). The molecule has 1 atom stereocenters. The number of methoxy groups -OCH3 is 1. The third-order valence-corrected chi connectivity index (χ3v) is 4.13. The van der Waals surface area contributed by atoms with Crippen LogP contribution in [0.5, 0.6) is 0 Å². The van der Waals surface area contributed by atoms with Crippen LogP contribution in [0.2, 0.25) is 0 Å². The van der Waals surface area contributed by atoms with E-state index in [0.717, 1.165) is 12.8 Å². The third-order valence-electron chi connectivity index (χ3n) is 4.13. The number of rotatable bonds is 4. The predicted molar refractivity (Wildman–Crippen MR) is 62.9 cm³/mol. The zero-order valence-electron chi connectivity index (χ0n) is 11.0. The largest absolute Gasteiger partial charge is 0.467 e. The van der Waals surface area contributed by atoms with Gasteiger partial charge in [0.1, 0.15) is 0 Å². The summed E-state index contributed by atoms with van der Waals surface area (Å²) >= 11 is 0. The van der Waals surface area contributed by atoms with Crippen molar-refractivity contribution >= 4 is 5.97 Å². The molecule has 1 saturated carbocycles. The first-order valence-corrected chi connectivity index (χ1v) is 6.14. The molecule has 1 fully saturated rings. The van der Waals surface area contributed by atoms with Gasteiger partial charge in [-0.15, -0.1) is 0 Å². The lowest BCUT2D eigenvalue weighted by Gasteiger charge is -2.47. The zero-order chi connectivity index (χ0) is 12.5. The summed E-state index contributed by atoms with van der Waals surface area (Å²) in [6.07, 6.45) is 1.86. The van der Waals surface area contributed by atoms with Crippen molar-refractivity contribution in [3.05, 3.63) is 0 Å². The first-order valence-electron chi connectivity index (χ1n) is 6.14. The van der Waals surface area contributed by atoms with E-state index in [9.17, 15) is 9.90 Å². The number of hydrogen-bond acceptors (Lipinski definition) is 3. The first-order chi connectivity index (χ1) is 7.33. The summed E-state index contributed by atoms with van der Waals surface area (Å²) in [4.78, 5) is 11.7. The molecule has 3 heteroatoms. The van der Waals surface area contributed by atoms with E-state index in [2.05, 4.69) is 13.8 Å². The number of esters is 1. The van der Waals surface area contributed by atoms with Gasteiger partial charge >= 0.3 is 5.97 Å². The molecule has 0 amide bonds. The molecule has 1 unspecified atom stereocenters. The van der Waals surface area contributed by atoms with Crippen molar-refractivity contribution in [2.24, 2.45) is 23.7 Å².